The first-order chi connectivity index (χ1) is 14.2. The Morgan fingerprint density at radius 1 is 1.28 bits per heavy atom. The van der Waals surface area contributed by atoms with E-state index in [2.05, 4.69) is 27.0 Å². The highest BCUT2D eigenvalue weighted by molar-refractivity contribution is 5.76. The van der Waals surface area contributed by atoms with Crippen LogP contribution in [-0.2, 0) is 17.6 Å². The normalized spacial score (nSPS) is 17.1. The molecule has 1 fully saturated rings. The molecule has 1 aliphatic heterocycles. The molecular weight excluding hydrogens is 364 g/mol. The number of carbonyl (C=O) groups is 1. The summed E-state index contributed by atoms with van der Waals surface area (Å²) in [6.07, 6.45) is 9.56. The number of carbonyl (C=O) groups excluding carboxylic acids is 1. The maximum atomic E-state index is 12.5. The quantitative estimate of drug-likeness (QED) is 0.652. The van der Waals surface area contributed by atoms with Crippen molar-refractivity contribution in [1.82, 2.24) is 19.8 Å². The van der Waals surface area contributed by atoms with Gasteiger partial charge in [-0.15, -0.1) is 0 Å². The number of aryl methyl sites for hydroxylation is 1. The van der Waals surface area contributed by atoms with Gasteiger partial charge in [0.2, 0.25) is 5.91 Å². The molecule has 0 aliphatic carbocycles. The SMILES string of the molecule is COc1ccccc1CCN1CCC[C@H](CN(C)C(=O)CCc2cnccn2)C1. The van der Waals surface area contributed by atoms with Crippen LogP contribution in [-0.4, -0.2) is 66.0 Å². The van der Waals surface area contributed by atoms with Crippen LogP contribution in [0.25, 0.3) is 0 Å². The first-order valence-corrected chi connectivity index (χ1v) is 10.5. The molecule has 1 aromatic heterocycles. The highest BCUT2D eigenvalue weighted by Gasteiger charge is 2.22. The molecular formula is C23H32N4O2. The van der Waals surface area contributed by atoms with Crippen LogP contribution in [0.3, 0.4) is 0 Å². The summed E-state index contributed by atoms with van der Waals surface area (Å²) in [5.74, 6) is 1.68. The summed E-state index contributed by atoms with van der Waals surface area (Å²) in [6.45, 7) is 4.04. The van der Waals surface area contributed by atoms with Crippen molar-refractivity contribution in [2.24, 2.45) is 5.92 Å². The monoisotopic (exact) mass is 396 g/mol. The van der Waals surface area contributed by atoms with Gasteiger partial charge in [-0.1, -0.05) is 18.2 Å². The number of rotatable bonds is 9. The molecule has 0 N–H and O–H groups in total. The lowest BCUT2D eigenvalue weighted by atomic mass is 9.97. The largest absolute Gasteiger partial charge is 0.496 e. The van der Waals surface area contributed by atoms with Crippen molar-refractivity contribution >= 4 is 5.91 Å². The molecule has 2 aromatic rings. The van der Waals surface area contributed by atoms with Gasteiger partial charge in [-0.3, -0.25) is 14.8 Å². The molecule has 3 rings (SSSR count). The number of nitrogens with zero attached hydrogens (tertiary/aromatic N) is 4. The molecule has 1 aromatic carbocycles. The van der Waals surface area contributed by atoms with E-state index < -0.39 is 0 Å². The number of benzene rings is 1. The van der Waals surface area contributed by atoms with Crippen LogP contribution in [0.15, 0.2) is 42.9 Å². The molecule has 0 bridgehead atoms. The van der Waals surface area contributed by atoms with Crippen LogP contribution in [0.4, 0.5) is 0 Å². The molecule has 29 heavy (non-hydrogen) atoms. The van der Waals surface area contributed by atoms with Gasteiger partial charge >= 0.3 is 0 Å². The van der Waals surface area contributed by atoms with Gasteiger partial charge in [-0.2, -0.15) is 0 Å². The van der Waals surface area contributed by atoms with Crippen molar-refractivity contribution in [2.45, 2.75) is 32.1 Å². The van der Waals surface area contributed by atoms with Gasteiger partial charge in [-0.05, 0) is 49.8 Å². The van der Waals surface area contributed by atoms with E-state index in [-0.39, 0.29) is 5.91 Å². The molecule has 0 unspecified atom stereocenters. The summed E-state index contributed by atoms with van der Waals surface area (Å²) >= 11 is 0. The van der Waals surface area contributed by atoms with E-state index in [0.29, 0.717) is 18.8 Å². The van der Waals surface area contributed by atoms with Gasteiger partial charge in [0.25, 0.3) is 0 Å². The van der Waals surface area contributed by atoms with E-state index in [1.54, 1.807) is 25.7 Å². The standard InChI is InChI=1S/C23H32N4O2/c1-26(23(28)10-9-21-16-24-12-13-25-21)17-19-6-5-14-27(18-19)15-11-20-7-3-4-8-22(20)29-2/h3-4,7-8,12-13,16,19H,5-6,9-11,14-15,17-18H2,1-2H3/t19-/m1/s1. The minimum atomic E-state index is 0.182. The fraction of sp³-hybridized carbons (Fsp3) is 0.522. The average molecular weight is 397 g/mol. The summed E-state index contributed by atoms with van der Waals surface area (Å²) in [6, 6.07) is 8.24. The van der Waals surface area contributed by atoms with Crippen LogP contribution in [0, 0.1) is 5.92 Å². The number of methoxy groups -OCH3 is 1. The third-order valence-corrected chi connectivity index (χ3v) is 5.66. The topological polar surface area (TPSA) is 58.6 Å². The maximum absolute atomic E-state index is 12.5. The Kier molecular flexibility index (Phi) is 7.99. The molecule has 1 amide bonds. The second-order valence-corrected chi connectivity index (χ2v) is 7.84. The molecule has 6 heteroatoms. The smallest absolute Gasteiger partial charge is 0.222 e. The Bertz CT molecular complexity index is 768. The van der Waals surface area contributed by atoms with Crippen molar-refractivity contribution in [3.05, 3.63) is 54.1 Å². The number of hydrogen-bond acceptors (Lipinski definition) is 5. The molecule has 156 valence electrons. The second kappa shape index (κ2) is 10.9. The van der Waals surface area contributed by atoms with Crippen molar-refractivity contribution in [2.75, 3.05) is 40.3 Å². The Morgan fingerprint density at radius 3 is 2.93 bits per heavy atom. The van der Waals surface area contributed by atoms with Crippen molar-refractivity contribution in [3.8, 4) is 5.75 Å². The number of amides is 1. The molecule has 1 saturated heterocycles. The lowest BCUT2D eigenvalue weighted by molar-refractivity contribution is -0.130. The molecule has 2 heterocycles. The minimum Gasteiger partial charge on any atom is -0.496 e. The summed E-state index contributed by atoms with van der Waals surface area (Å²) < 4.78 is 5.47. The molecule has 6 nitrogen and oxygen atoms in total. The number of ether oxygens (including phenoxy) is 1. The van der Waals surface area contributed by atoms with Gasteiger partial charge in [-0.25, -0.2) is 0 Å². The molecule has 0 saturated carbocycles. The van der Waals surface area contributed by atoms with E-state index in [1.165, 1.54) is 18.4 Å². The Labute approximate surface area is 173 Å². The van der Waals surface area contributed by atoms with Crippen molar-refractivity contribution < 1.29 is 9.53 Å². The highest BCUT2D eigenvalue weighted by atomic mass is 16.5. The van der Waals surface area contributed by atoms with Crippen molar-refractivity contribution in [1.29, 1.82) is 0 Å². The lowest BCUT2D eigenvalue weighted by Crippen LogP contribution is -2.42. The third-order valence-electron chi connectivity index (χ3n) is 5.66. The fourth-order valence-electron chi connectivity index (χ4n) is 4.07. The van der Waals surface area contributed by atoms with E-state index in [0.717, 1.165) is 44.0 Å². The van der Waals surface area contributed by atoms with E-state index in [4.69, 9.17) is 4.74 Å². The summed E-state index contributed by atoms with van der Waals surface area (Å²) in [4.78, 5) is 25.2. The Balaban J connectivity index is 1.43. The van der Waals surface area contributed by atoms with Gasteiger partial charge in [0.1, 0.15) is 5.75 Å². The van der Waals surface area contributed by atoms with Gasteiger partial charge in [0.05, 0.1) is 12.8 Å². The first kappa shape index (κ1) is 21.2. The highest BCUT2D eigenvalue weighted by Crippen LogP contribution is 2.21. The van der Waals surface area contributed by atoms with E-state index in [1.807, 2.05) is 24.1 Å². The summed E-state index contributed by atoms with van der Waals surface area (Å²) in [7, 11) is 3.65. The number of likely N-dealkylation sites (tertiary alicyclic amines) is 1. The number of para-hydroxylation sites is 1. The third kappa shape index (κ3) is 6.53. The van der Waals surface area contributed by atoms with Gasteiger partial charge < -0.3 is 14.5 Å². The fourth-order valence-corrected chi connectivity index (χ4v) is 4.07. The predicted molar refractivity (Wildman–Crippen MR) is 114 cm³/mol. The van der Waals surface area contributed by atoms with E-state index in [9.17, 15) is 4.79 Å². The lowest BCUT2D eigenvalue weighted by Gasteiger charge is -2.34. The van der Waals surface area contributed by atoms with Crippen molar-refractivity contribution in [3.63, 3.8) is 0 Å². The predicted octanol–water partition coefficient (Wildman–Crippen LogP) is 2.83. The summed E-state index contributed by atoms with van der Waals surface area (Å²) in [5.41, 5.74) is 2.13. The van der Waals surface area contributed by atoms with Crippen LogP contribution in [0.1, 0.15) is 30.5 Å². The zero-order valence-electron chi connectivity index (χ0n) is 17.6. The summed E-state index contributed by atoms with van der Waals surface area (Å²) in [5, 5.41) is 0. The molecule has 0 radical (unpaired) electrons. The Hall–Kier alpha value is -2.47. The number of aromatic nitrogens is 2. The Morgan fingerprint density at radius 2 is 2.14 bits per heavy atom. The van der Waals surface area contributed by atoms with Crippen LogP contribution >= 0.6 is 0 Å². The van der Waals surface area contributed by atoms with E-state index >= 15 is 0 Å². The van der Waals surface area contributed by atoms with Crippen LogP contribution in [0.2, 0.25) is 0 Å². The zero-order valence-corrected chi connectivity index (χ0v) is 17.6. The average Bonchev–Trinajstić information content (AvgIpc) is 2.77. The van der Waals surface area contributed by atoms with Crippen LogP contribution in [0.5, 0.6) is 5.75 Å². The second-order valence-electron chi connectivity index (χ2n) is 7.84. The number of hydrogen-bond donors (Lipinski definition) is 0. The first-order valence-electron chi connectivity index (χ1n) is 10.5. The molecule has 1 atom stereocenters. The molecule has 0 spiro atoms. The zero-order chi connectivity index (χ0) is 20.5. The van der Waals surface area contributed by atoms with Gasteiger partial charge in [0, 0.05) is 51.7 Å². The number of piperidine rings is 1. The minimum absolute atomic E-state index is 0.182. The maximum Gasteiger partial charge on any atom is 0.222 e. The molecule has 1 aliphatic rings. The van der Waals surface area contributed by atoms with Gasteiger partial charge in [0.15, 0.2) is 0 Å². The van der Waals surface area contributed by atoms with Crippen LogP contribution < -0.4 is 4.74 Å².